The molecular weight excluding hydrogens is 460 g/mol. The van der Waals surface area contributed by atoms with Gasteiger partial charge in [-0.05, 0) is 37.1 Å². The summed E-state index contributed by atoms with van der Waals surface area (Å²) in [7, 11) is -2.47. The van der Waals surface area contributed by atoms with Gasteiger partial charge in [-0.25, -0.2) is 8.42 Å². The number of aliphatic hydroxyl groups is 1. The SMILES string of the molecule is COc1cccc(S(=O)(=O)N2C[C@H](O)COC[C@@H]3O[C@H](CC(=O)Nc4ccccc4)CC[C@H]32)c1. The van der Waals surface area contributed by atoms with Gasteiger partial charge in [0.05, 0.1) is 56.0 Å². The number of ether oxygens (including phenoxy) is 3. The molecule has 2 aliphatic rings. The molecule has 1 amide bonds. The van der Waals surface area contributed by atoms with E-state index in [1.165, 1.54) is 23.5 Å². The molecule has 0 bridgehead atoms. The fourth-order valence-corrected chi connectivity index (χ4v) is 6.16. The lowest BCUT2D eigenvalue weighted by Crippen LogP contribution is -2.57. The molecule has 10 heteroatoms. The number of carbonyl (C=O) groups is 1. The highest BCUT2D eigenvalue weighted by Crippen LogP contribution is 2.32. The maximum absolute atomic E-state index is 13.6. The van der Waals surface area contributed by atoms with Crippen LogP contribution < -0.4 is 10.1 Å². The summed E-state index contributed by atoms with van der Waals surface area (Å²) in [5, 5.41) is 13.2. The fourth-order valence-electron chi connectivity index (χ4n) is 4.41. The van der Waals surface area contributed by atoms with Gasteiger partial charge in [0.2, 0.25) is 15.9 Å². The smallest absolute Gasteiger partial charge is 0.243 e. The number of carbonyl (C=O) groups excluding carboxylic acids is 1. The van der Waals surface area contributed by atoms with Crippen LogP contribution in [0.1, 0.15) is 19.3 Å². The van der Waals surface area contributed by atoms with Crippen LogP contribution in [0.15, 0.2) is 59.5 Å². The molecule has 4 rings (SSSR count). The first-order valence-electron chi connectivity index (χ1n) is 11.3. The molecule has 0 spiro atoms. The Bertz CT molecular complexity index is 1080. The summed E-state index contributed by atoms with van der Waals surface area (Å²) in [5.74, 6) is 0.260. The van der Waals surface area contributed by atoms with Crippen molar-refractivity contribution in [2.75, 3.05) is 32.2 Å². The summed E-state index contributed by atoms with van der Waals surface area (Å²) in [6.07, 6.45) is -0.744. The number of aliphatic hydroxyl groups excluding tert-OH is 1. The Balaban J connectivity index is 1.50. The topological polar surface area (TPSA) is 114 Å². The Hall–Kier alpha value is -2.50. The average Bonchev–Trinajstić information content (AvgIpc) is 2.82. The summed E-state index contributed by atoms with van der Waals surface area (Å²) < 4.78 is 45.4. The van der Waals surface area contributed by atoms with Gasteiger partial charge in [0.1, 0.15) is 5.75 Å². The van der Waals surface area contributed by atoms with Crippen molar-refractivity contribution in [3.8, 4) is 5.75 Å². The number of benzene rings is 2. The molecule has 184 valence electrons. The van der Waals surface area contributed by atoms with Crippen LogP contribution in [0.5, 0.6) is 5.75 Å². The zero-order valence-electron chi connectivity index (χ0n) is 19.0. The molecule has 0 aromatic heterocycles. The third-order valence-corrected chi connectivity index (χ3v) is 7.94. The van der Waals surface area contributed by atoms with Crippen molar-refractivity contribution in [1.29, 1.82) is 0 Å². The second kappa shape index (κ2) is 10.8. The number of anilines is 1. The maximum atomic E-state index is 13.6. The van der Waals surface area contributed by atoms with E-state index < -0.39 is 28.3 Å². The minimum atomic E-state index is -3.94. The number of methoxy groups -OCH3 is 1. The van der Waals surface area contributed by atoms with E-state index in [-0.39, 0.29) is 43.1 Å². The van der Waals surface area contributed by atoms with Crippen molar-refractivity contribution in [3.63, 3.8) is 0 Å². The van der Waals surface area contributed by atoms with Crippen molar-refractivity contribution in [2.24, 2.45) is 0 Å². The predicted molar refractivity (Wildman–Crippen MR) is 125 cm³/mol. The monoisotopic (exact) mass is 490 g/mol. The van der Waals surface area contributed by atoms with Gasteiger partial charge in [-0.3, -0.25) is 4.79 Å². The van der Waals surface area contributed by atoms with Crippen LogP contribution in [-0.2, 0) is 24.3 Å². The summed E-state index contributed by atoms with van der Waals surface area (Å²) >= 11 is 0. The number of nitrogens with one attached hydrogen (secondary N) is 1. The standard InChI is InChI=1S/C24H30N2O7S/c1-31-19-8-5-9-21(12-19)34(29,30)26-14-18(27)15-32-16-23-22(26)11-10-20(33-23)13-24(28)25-17-6-3-2-4-7-17/h2-9,12,18,20,22-23,27H,10-11,13-16H2,1H3,(H,25,28)/t18-,20-,22+,23-/m0/s1. The van der Waals surface area contributed by atoms with Crippen molar-refractivity contribution in [2.45, 2.75) is 48.5 Å². The van der Waals surface area contributed by atoms with E-state index in [1.807, 2.05) is 30.3 Å². The van der Waals surface area contributed by atoms with E-state index in [2.05, 4.69) is 5.32 Å². The first-order chi connectivity index (χ1) is 16.4. The molecule has 2 aromatic carbocycles. The molecule has 0 aliphatic carbocycles. The first kappa shape index (κ1) is 24.6. The van der Waals surface area contributed by atoms with Crippen LogP contribution in [-0.4, -0.2) is 75.0 Å². The molecule has 0 unspecified atom stereocenters. The molecule has 2 heterocycles. The normalized spacial score (nSPS) is 26.1. The molecule has 0 radical (unpaired) electrons. The highest BCUT2D eigenvalue weighted by atomic mass is 32.2. The summed E-state index contributed by atoms with van der Waals surface area (Å²) in [4.78, 5) is 12.6. The Labute approximate surface area is 199 Å². The number of fused-ring (bicyclic) bond motifs is 1. The van der Waals surface area contributed by atoms with E-state index in [4.69, 9.17) is 14.2 Å². The zero-order valence-corrected chi connectivity index (χ0v) is 19.8. The summed E-state index contributed by atoms with van der Waals surface area (Å²) in [5.41, 5.74) is 0.708. The van der Waals surface area contributed by atoms with Crippen molar-refractivity contribution < 1.29 is 32.5 Å². The van der Waals surface area contributed by atoms with Gasteiger partial charge in [0.15, 0.2) is 0 Å². The molecule has 0 saturated carbocycles. The number of nitrogens with zero attached hydrogens (tertiary/aromatic N) is 1. The molecule has 2 saturated heterocycles. The molecular formula is C24H30N2O7S. The van der Waals surface area contributed by atoms with Gasteiger partial charge in [-0.1, -0.05) is 24.3 Å². The second-order valence-corrected chi connectivity index (χ2v) is 10.4. The van der Waals surface area contributed by atoms with Crippen LogP contribution in [0.3, 0.4) is 0 Å². The predicted octanol–water partition coefficient (Wildman–Crippen LogP) is 2.02. The minimum absolute atomic E-state index is 0.00410. The van der Waals surface area contributed by atoms with Crippen molar-refractivity contribution >= 4 is 21.6 Å². The highest BCUT2D eigenvalue weighted by molar-refractivity contribution is 7.89. The Morgan fingerprint density at radius 3 is 2.71 bits per heavy atom. The quantitative estimate of drug-likeness (QED) is 0.637. The zero-order chi connectivity index (χ0) is 24.1. The highest BCUT2D eigenvalue weighted by Gasteiger charge is 2.43. The number of β-amino-alcohol motifs (C(OH)–C–C–N with tert-alkyl or cyclic N) is 1. The number of hydrogen-bond acceptors (Lipinski definition) is 7. The molecule has 2 N–H and O–H groups in total. The molecule has 2 aromatic rings. The van der Waals surface area contributed by atoms with Crippen LogP contribution in [0.2, 0.25) is 0 Å². The molecule has 2 fully saturated rings. The van der Waals surface area contributed by atoms with E-state index in [1.54, 1.807) is 12.1 Å². The lowest BCUT2D eigenvalue weighted by molar-refractivity contribution is -0.144. The molecule has 34 heavy (non-hydrogen) atoms. The fraction of sp³-hybridized carbons (Fsp3) is 0.458. The van der Waals surface area contributed by atoms with Gasteiger partial charge < -0.3 is 24.6 Å². The Morgan fingerprint density at radius 2 is 1.94 bits per heavy atom. The molecule has 2 aliphatic heterocycles. The van der Waals surface area contributed by atoms with Crippen LogP contribution in [0, 0.1) is 0 Å². The summed E-state index contributed by atoms with van der Waals surface area (Å²) in [6, 6.07) is 14.9. The van der Waals surface area contributed by atoms with Crippen LogP contribution in [0.25, 0.3) is 0 Å². The minimum Gasteiger partial charge on any atom is -0.497 e. The lowest BCUT2D eigenvalue weighted by Gasteiger charge is -2.43. The number of sulfonamides is 1. The number of amides is 1. The van der Waals surface area contributed by atoms with Crippen LogP contribution in [0.4, 0.5) is 5.69 Å². The lowest BCUT2D eigenvalue weighted by atomic mass is 9.96. The van der Waals surface area contributed by atoms with Gasteiger partial charge in [0.25, 0.3) is 0 Å². The van der Waals surface area contributed by atoms with E-state index in [0.29, 0.717) is 24.3 Å². The largest absolute Gasteiger partial charge is 0.497 e. The number of rotatable bonds is 6. The van der Waals surface area contributed by atoms with E-state index >= 15 is 0 Å². The van der Waals surface area contributed by atoms with Crippen molar-refractivity contribution in [1.82, 2.24) is 4.31 Å². The molecule has 9 nitrogen and oxygen atoms in total. The third kappa shape index (κ3) is 5.76. The third-order valence-electron chi connectivity index (χ3n) is 6.05. The number of para-hydroxylation sites is 1. The van der Waals surface area contributed by atoms with Gasteiger partial charge in [0, 0.05) is 18.3 Å². The van der Waals surface area contributed by atoms with Gasteiger partial charge in [-0.2, -0.15) is 4.31 Å². The first-order valence-corrected chi connectivity index (χ1v) is 12.7. The Kier molecular flexibility index (Phi) is 7.84. The summed E-state index contributed by atoms with van der Waals surface area (Å²) in [6.45, 7) is 0.0156. The average molecular weight is 491 g/mol. The molecule has 4 atom stereocenters. The van der Waals surface area contributed by atoms with Gasteiger partial charge >= 0.3 is 0 Å². The van der Waals surface area contributed by atoms with Crippen LogP contribution >= 0.6 is 0 Å². The second-order valence-electron chi connectivity index (χ2n) is 8.50. The van der Waals surface area contributed by atoms with Gasteiger partial charge in [-0.15, -0.1) is 0 Å². The Morgan fingerprint density at radius 1 is 1.15 bits per heavy atom. The number of hydrogen-bond donors (Lipinski definition) is 2. The maximum Gasteiger partial charge on any atom is 0.243 e. The van der Waals surface area contributed by atoms with Crippen molar-refractivity contribution in [3.05, 3.63) is 54.6 Å². The van der Waals surface area contributed by atoms with E-state index in [0.717, 1.165) is 0 Å². The van der Waals surface area contributed by atoms with E-state index in [9.17, 15) is 18.3 Å².